The standard InChI is InChI=1S/C24H16N4O2S2/c29-28(30)20-12-8-17(9-13-20)22-15-32-24(27-22)25-19-10-6-16(7-11-19)21-14-31-23(26-21)18-4-2-1-3-5-18/h1-15H,(H,25,27). The molecule has 2 heterocycles. The summed E-state index contributed by atoms with van der Waals surface area (Å²) in [5, 5.41) is 19.9. The van der Waals surface area contributed by atoms with Crippen LogP contribution in [-0.4, -0.2) is 14.9 Å². The third kappa shape index (κ3) is 4.27. The van der Waals surface area contributed by atoms with Crippen molar-refractivity contribution in [2.24, 2.45) is 0 Å². The van der Waals surface area contributed by atoms with Crippen LogP contribution < -0.4 is 5.32 Å². The molecule has 0 amide bonds. The lowest BCUT2D eigenvalue weighted by atomic mass is 10.1. The molecular formula is C24H16N4O2S2. The third-order valence-corrected chi connectivity index (χ3v) is 6.48. The predicted molar refractivity (Wildman–Crippen MR) is 130 cm³/mol. The Labute approximate surface area is 192 Å². The van der Waals surface area contributed by atoms with Gasteiger partial charge in [0.05, 0.1) is 16.3 Å². The summed E-state index contributed by atoms with van der Waals surface area (Å²) in [4.78, 5) is 19.8. The lowest BCUT2D eigenvalue weighted by molar-refractivity contribution is -0.384. The minimum absolute atomic E-state index is 0.0680. The van der Waals surface area contributed by atoms with Crippen LogP contribution >= 0.6 is 22.7 Å². The number of nitro groups is 1. The van der Waals surface area contributed by atoms with Crippen molar-refractivity contribution in [2.45, 2.75) is 0 Å². The summed E-state index contributed by atoms with van der Waals surface area (Å²) < 4.78 is 0. The van der Waals surface area contributed by atoms with Crippen molar-refractivity contribution in [3.05, 3.63) is 99.7 Å². The maximum absolute atomic E-state index is 10.8. The Morgan fingerprint density at radius 1 is 0.719 bits per heavy atom. The van der Waals surface area contributed by atoms with Crippen molar-refractivity contribution >= 4 is 39.2 Å². The molecule has 156 valence electrons. The lowest BCUT2D eigenvalue weighted by Crippen LogP contribution is -1.90. The molecule has 0 spiro atoms. The van der Waals surface area contributed by atoms with Gasteiger partial charge in [0.15, 0.2) is 5.13 Å². The van der Waals surface area contributed by atoms with Gasteiger partial charge >= 0.3 is 0 Å². The highest BCUT2D eigenvalue weighted by Crippen LogP contribution is 2.31. The van der Waals surface area contributed by atoms with Crippen LogP contribution in [0.1, 0.15) is 0 Å². The molecule has 0 atom stereocenters. The summed E-state index contributed by atoms with van der Waals surface area (Å²) in [6.45, 7) is 0. The van der Waals surface area contributed by atoms with Crippen molar-refractivity contribution in [3.63, 3.8) is 0 Å². The van der Waals surface area contributed by atoms with Crippen LogP contribution in [0.15, 0.2) is 89.6 Å². The fraction of sp³-hybridized carbons (Fsp3) is 0. The van der Waals surface area contributed by atoms with Crippen molar-refractivity contribution in [1.82, 2.24) is 9.97 Å². The average Bonchev–Trinajstić information content (AvgIpc) is 3.51. The molecule has 0 saturated heterocycles. The van der Waals surface area contributed by atoms with Gasteiger partial charge in [0.1, 0.15) is 5.01 Å². The summed E-state index contributed by atoms with van der Waals surface area (Å²) in [6.07, 6.45) is 0. The molecule has 3 aromatic carbocycles. The second kappa shape index (κ2) is 8.70. The number of rotatable bonds is 6. The Balaban J connectivity index is 1.28. The number of aromatic nitrogens is 2. The van der Waals surface area contributed by atoms with E-state index >= 15 is 0 Å². The van der Waals surface area contributed by atoms with Crippen molar-refractivity contribution in [3.8, 4) is 33.1 Å². The van der Waals surface area contributed by atoms with Crippen molar-refractivity contribution in [2.75, 3.05) is 5.32 Å². The molecule has 1 N–H and O–H groups in total. The van der Waals surface area contributed by atoms with E-state index in [1.807, 2.05) is 47.8 Å². The summed E-state index contributed by atoms with van der Waals surface area (Å²) in [5.41, 5.74) is 5.74. The fourth-order valence-electron chi connectivity index (χ4n) is 3.19. The first-order valence-electron chi connectivity index (χ1n) is 9.74. The molecule has 0 saturated carbocycles. The lowest BCUT2D eigenvalue weighted by Gasteiger charge is -2.04. The maximum atomic E-state index is 10.8. The van der Waals surface area contributed by atoms with Gasteiger partial charge in [0, 0.05) is 45.3 Å². The van der Waals surface area contributed by atoms with E-state index in [9.17, 15) is 10.1 Å². The molecular weight excluding hydrogens is 440 g/mol. The van der Waals surface area contributed by atoms with Gasteiger partial charge in [-0.25, -0.2) is 9.97 Å². The van der Waals surface area contributed by atoms with Crippen molar-refractivity contribution in [1.29, 1.82) is 0 Å². The van der Waals surface area contributed by atoms with Gasteiger partial charge in [-0.2, -0.15) is 0 Å². The number of nitro benzene ring substituents is 1. The first kappa shape index (κ1) is 20.0. The molecule has 6 nitrogen and oxygen atoms in total. The highest BCUT2D eigenvalue weighted by Gasteiger charge is 2.10. The fourth-order valence-corrected chi connectivity index (χ4v) is 4.76. The zero-order valence-corrected chi connectivity index (χ0v) is 18.3. The number of nitrogens with one attached hydrogen (secondary N) is 1. The minimum atomic E-state index is -0.407. The van der Waals surface area contributed by atoms with Gasteiger partial charge < -0.3 is 5.32 Å². The monoisotopic (exact) mass is 456 g/mol. The first-order chi connectivity index (χ1) is 15.7. The van der Waals surface area contributed by atoms with E-state index in [1.54, 1.807) is 23.5 Å². The molecule has 8 heteroatoms. The number of benzene rings is 3. The van der Waals surface area contributed by atoms with Crippen LogP contribution in [-0.2, 0) is 0 Å². The van der Waals surface area contributed by atoms with E-state index in [0.29, 0.717) is 0 Å². The Kier molecular flexibility index (Phi) is 5.45. The van der Waals surface area contributed by atoms with E-state index in [1.165, 1.54) is 23.5 Å². The van der Waals surface area contributed by atoms with Crippen LogP contribution in [0.5, 0.6) is 0 Å². The first-order valence-corrected chi connectivity index (χ1v) is 11.5. The van der Waals surface area contributed by atoms with E-state index in [0.717, 1.165) is 43.9 Å². The number of nitrogens with zero attached hydrogens (tertiary/aromatic N) is 3. The number of non-ortho nitro benzene ring substituents is 1. The Bertz CT molecular complexity index is 1360. The number of hydrogen-bond acceptors (Lipinski definition) is 7. The van der Waals surface area contributed by atoms with Gasteiger partial charge in [-0.15, -0.1) is 22.7 Å². The Morgan fingerprint density at radius 3 is 2.03 bits per heavy atom. The zero-order valence-electron chi connectivity index (χ0n) is 16.6. The van der Waals surface area contributed by atoms with Crippen LogP contribution in [0, 0.1) is 10.1 Å². The van der Waals surface area contributed by atoms with E-state index < -0.39 is 4.92 Å². The number of thiazole rings is 2. The van der Waals surface area contributed by atoms with E-state index in [4.69, 9.17) is 4.98 Å². The topological polar surface area (TPSA) is 81.0 Å². The Morgan fingerprint density at radius 2 is 1.34 bits per heavy atom. The second-order valence-electron chi connectivity index (χ2n) is 6.95. The molecule has 0 aliphatic heterocycles. The molecule has 0 radical (unpaired) electrons. The molecule has 5 rings (SSSR count). The normalized spacial score (nSPS) is 10.8. The summed E-state index contributed by atoms with van der Waals surface area (Å²) in [5.74, 6) is 0. The van der Waals surface area contributed by atoms with E-state index in [2.05, 4.69) is 27.8 Å². The molecule has 0 fully saturated rings. The quantitative estimate of drug-likeness (QED) is 0.215. The summed E-state index contributed by atoms with van der Waals surface area (Å²) >= 11 is 3.12. The molecule has 0 bridgehead atoms. The minimum Gasteiger partial charge on any atom is -0.332 e. The molecule has 0 aliphatic rings. The predicted octanol–water partition coefficient (Wildman–Crippen LogP) is 7.25. The molecule has 0 unspecified atom stereocenters. The van der Waals surface area contributed by atoms with Gasteiger partial charge in [0.25, 0.3) is 5.69 Å². The van der Waals surface area contributed by atoms with Crippen LogP contribution in [0.2, 0.25) is 0 Å². The van der Waals surface area contributed by atoms with Crippen LogP contribution in [0.3, 0.4) is 0 Å². The molecule has 2 aromatic heterocycles. The highest BCUT2D eigenvalue weighted by atomic mass is 32.1. The largest absolute Gasteiger partial charge is 0.332 e. The molecule has 32 heavy (non-hydrogen) atoms. The second-order valence-corrected chi connectivity index (χ2v) is 8.66. The molecule has 5 aromatic rings. The van der Waals surface area contributed by atoms with Crippen LogP contribution in [0.25, 0.3) is 33.1 Å². The van der Waals surface area contributed by atoms with Gasteiger partial charge in [0.2, 0.25) is 0 Å². The zero-order chi connectivity index (χ0) is 21.9. The third-order valence-electron chi connectivity index (χ3n) is 4.83. The Hall–Kier alpha value is -3.88. The highest BCUT2D eigenvalue weighted by molar-refractivity contribution is 7.14. The molecule has 0 aliphatic carbocycles. The average molecular weight is 457 g/mol. The number of anilines is 2. The summed E-state index contributed by atoms with van der Waals surface area (Å²) in [7, 11) is 0. The van der Waals surface area contributed by atoms with E-state index in [-0.39, 0.29) is 5.69 Å². The number of hydrogen-bond donors (Lipinski definition) is 1. The van der Waals surface area contributed by atoms with Crippen LogP contribution in [0.4, 0.5) is 16.5 Å². The summed E-state index contributed by atoms with van der Waals surface area (Å²) in [6, 6.07) is 24.6. The maximum Gasteiger partial charge on any atom is 0.269 e. The SMILES string of the molecule is O=[N+]([O-])c1ccc(-c2csc(Nc3ccc(-c4csc(-c5ccccc5)n4)cc3)n2)cc1. The van der Waals surface area contributed by atoms with Gasteiger partial charge in [-0.1, -0.05) is 42.5 Å². The van der Waals surface area contributed by atoms with Gasteiger partial charge in [-0.05, 0) is 24.3 Å². The van der Waals surface area contributed by atoms with Crippen molar-refractivity contribution < 1.29 is 4.92 Å². The van der Waals surface area contributed by atoms with Gasteiger partial charge in [-0.3, -0.25) is 10.1 Å². The smallest absolute Gasteiger partial charge is 0.269 e.